The average Bonchev–Trinajstić information content (AvgIpc) is 2.01. The van der Waals surface area contributed by atoms with Crippen LogP contribution in [0.1, 0.15) is 12.5 Å². The fourth-order valence-electron chi connectivity index (χ4n) is 1.33. The van der Waals surface area contributed by atoms with Crippen molar-refractivity contribution in [2.75, 3.05) is 13.6 Å². The molecule has 0 aromatic heterocycles. The quantitative estimate of drug-likeness (QED) is 0.798. The SMILES string of the molecule is CNC[C@H](C)Oc1cc(C)cc(F)c1. The van der Waals surface area contributed by atoms with Gasteiger partial charge < -0.3 is 10.1 Å². The van der Waals surface area contributed by atoms with E-state index < -0.39 is 0 Å². The first-order valence-corrected chi connectivity index (χ1v) is 4.70. The molecule has 0 heterocycles. The minimum absolute atomic E-state index is 0.0428. The first kappa shape index (κ1) is 11.0. The van der Waals surface area contributed by atoms with E-state index in [0.29, 0.717) is 5.75 Å². The number of rotatable bonds is 4. The van der Waals surface area contributed by atoms with Crippen LogP contribution in [-0.2, 0) is 0 Å². The molecule has 0 spiro atoms. The highest BCUT2D eigenvalue weighted by Crippen LogP contribution is 2.16. The normalized spacial score (nSPS) is 12.6. The van der Waals surface area contributed by atoms with Gasteiger partial charge in [0.25, 0.3) is 0 Å². The molecule has 0 saturated carbocycles. The summed E-state index contributed by atoms with van der Waals surface area (Å²) in [6.07, 6.45) is 0.0428. The van der Waals surface area contributed by atoms with E-state index in [4.69, 9.17) is 4.74 Å². The Morgan fingerprint density at radius 2 is 2.14 bits per heavy atom. The van der Waals surface area contributed by atoms with Gasteiger partial charge in [0.2, 0.25) is 0 Å². The summed E-state index contributed by atoms with van der Waals surface area (Å²) in [4.78, 5) is 0. The lowest BCUT2D eigenvalue weighted by Gasteiger charge is -2.14. The van der Waals surface area contributed by atoms with Crippen LogP contribution in [0.25, 0.3) is 0 Å². The Balaban J connectivity index is 2.66. The van der Waals surface area contributed by atoms with Gasteiger partial charge in [-0.05, 0) is 38.6 Å². The van der Waals surface area contributed by atoms with Crippen LogP contribution < -0.4 is 10.1 Å². The van der Waals surface area contributed by atoms with Crippen LogP contribution in [0.3, 0.4) is 0 Å². The zero-order valence-electron chi connectivity index (χ0n) is 8.80. The monoisotopic (exact) mass is 197 g/mol. The largest absolute Gasteiger partial charge is 0.489 e. The van der Waals surface area contributed by atoms with Crippen molar-refractivity contribution in [3.63, 3.8) is 0 Å². The van der Waals surface area contributed by atoms with Gasteiger partial charge >= 0.3 is 0 Å². The third-order valence-electron chi connectivity index (χ3n) is 1.84. The van der Waals surface area contributed by atoms with Gasteiger partial charge in [0.05, 0.1) is 0 Å². The summed E-state index contributed by atoms with van der Waals surface area (Å²) >= 11 is 0. The fourth-order valence-corrected chi connectivity index (χ4v) is 1.33. The number of likely N-dealkylation sites (N-methyl/N-ethyl adjacent to an activating group) is 1. The minimum Gasteiger partial charge on any atom is -0.489 e. The number of nitrogens with one attached hydrogen (secondary N) is 1. The van der Waals surface area contributed by atoms with Gasteiger partial charge in [0.1, 0.15) is 17.7 Å². The van der Waals surface area contributed by atoms with Gasteiger partial charge in [-0.2, -0.15) is 0 Å². The van der Waals surface area contributed by atoms with E-state index in [1.807, 2.05) is 27.0 Å². The van der Waals surface area contributed by atoms with Crippen molar-refractivity contribution in [2.24, 2.45) is 0 Å². The van der Waals surface area contributed by atoms with Crippen LogP contribution in [0.4, 0.5) is 4.39 Å². The molecule has 1 aromatic rings. The number of aryl methyl sites for hydroxylation is 1. The zero-order chi connectivity index (χ0) is 10.6. The molecular formula is C11H16FNO. The predicted molar refractivity (Wildman–Crippen MR) is 55.2 cm³/mol. The van der Waals surface area contributed by atoms with Crippen molar-refractivity contribution in [1.29, 1.82) is 0 Å². The van der Waals surface area contributed by atoms with Crippen molar-refractivity contribution >= 4 is 0 Å². The third-order valence-corrected chi connectivity index (χ3v) is 1.84. The molecule has 1 rings (SSSR count). The van der Waals surface area contributed by atoms with Crippen LogP contribution in [0.5, 0.6) is 5.75 Å². The highest BCUT2D eigenvalue weighted by molar-refractivity contribution is 5.28. The van der Waals surface area contributed by atoms with Crippen molar-refractivity contribution in [1.82, 2.24) is 5.32 Å². The second-order valence-electron chi connectivity index (χ2n) is 3.45. The number of ether oxygens (including phenoxy) is 1. The molecule has 0 bridgehead atoms. The number of halogens is 1. The summed E-state index contributed by atoms with van der Waals surface area (Å²) in [5, 5.41) is 3.00. The maximum absolute atomic E-state index is 13.0. The summed E-state index contributed by atoms with van der Waals surface area (Å²) in [5.41, 5.74) is 0.872. The molecule has 1 N–H and O–H groups in total. The van der Waals surface area contributed by atoms with Crippen LogP contribution in [0, 0.1) is 12.7 Å². The van der Waals surface area contributed by atoms with E-state index in [9.17, 15) is 4.39 Å². The Labute approximate surface area is 84.1 Å². The molecule has 0 saturated heterocycles. The first-order chi connectivity index (χ1) is 6.61. The van der Waals surface area contributed by atoms with Gasteiger partial charge in [0, 0.05) is 12.6 Å². The van der Waals surface area contributed by atoms with Crippen molar-refractivity contribution in [3.05, 3.63) is 29.6 Å². The topological polar surface area (TPSA) is 21.3 Å². The van der Waals surface area contributed by atoms with Gasteiger partial charge in [0.15, 0.2) is 0 Å². The summed E-state index contributed by atoms with van der Waals surface area (Å²) in [6, 6.07) is 4.71. The Morgan fingerprint density at radius 3 is 2.71 bits per heavy atom. The summed E-state index contributed by atoms with van der Waals surface area (Å²) in [5.74, 6) is 0.335. The Kier molecular flexibility index (Phi) is 3.89. The summed E-state index contributed by atoms with van der Waals surface area (Å²) < 4.78 is 18.5. The van der Waals surface area contributed by atoms with E-state index in [1.54, 1.807) is 0 Å². The maximum atomic E-state index is 13.0. The third kappa shape index (κ3) is 3.34. The number of benzene rings is 1. The van der Waals surface area contributed by atoms with E-state index in [1.165, 1.54) is 12.1 Å². The molecule has 78 valence electrons. The molecule has 1 atom stereocenters. The standard InChI is InChI=1S/C11H16FNO/c1-8-4-10(12)6-11(5-8)14-9(2)7-13-3/h4-6,9,13H,7H2,1-3H3/t9-/m0/s1. The molecule has 14 heavy (non-hydrogen) atoms. The number of hydrogen-bond donors (Lipinski definition) is 1. The molecule has 0 radical (unpaired) electrons. The highest BCUT2D eigenvalue weighted by Gasteiger charge is 2.04. The summed E-state index contributed by atoms with van der Waals surface area (Å²) in [7, 11) is 1.86. The van der Waals surface area contributed by atoms with Crippen LogP contribution in [-0.4, -0.2) is 19.7 Å². The zero-order valence-corrected chi connectivity index (χ0v) is 8.80. The molecule has 0 amide bonds. The second kappa shape index (κ2) is 4.96. The van der Waals surface area contributed by atoms with Crippen LogP contribution >= 0.6 is 0 Å². The first-order valence-electron chi connectivity index (χ1n) is 4.70. The Hall–Kier alpha value is -1.09. The number of hydrogen-bond acceptors (Lipinski definition) is 2. The van der Waals surface area contributed by atoms with Gasteiger partial charge in [-0.25, -0.2) is 4.39 Å². The van der Waals surface area contributed by atoms with Gasteiger partial charge in [-0.15, -0.1) is 0 Å². The van der Waals surface area contributed by atoms with Crippen LogP contribution in [0.15, 0.2) is 18.2 Å². The van der Waals surface area contributed by atoms with Gasteiger partial charge in [-0.1, -0.05) is 0 Å². The molecular weight excluding hydrogens is 181 g/mol. The fraction of sp³-hybridized carbons (Fsp3) is 0.455. The molecule has 3 heteroatoms. The Bertz CT molecular complexity index is 281. The van der Waals surface area contributed by atoms with E-state index >= 15 is 0 Å². The maximum Gasteiger partial charge on any atom is 0.127 e. The molecule has 0 fully saturated rings. The molecule has 0 aliphatic carbocycles. The van der Waals surface area contributed by atoms with Crippen LogP contribution in [0.2, 0.25) is 0 Å². The second-order valence-corrected chi connectivity index (χ2v) is 3.45. The van der Waals surface area contributed by atoms with Crippen molar-refractivity contribution < 1.29 is 9.13 Å². The molecule has 0 aliphatic heterocycles. The minimum atomic E-state index is -0.253. The molecule has 0 aliphatic rings. The molecule has 2 nitrogen and oxygen atoms in total. The smallest absolute Gasteiger partial charge is 0.127 e. The average molecular weight is 197 g/mol. The summed E-state index contributed by atoms with van der Waals surface area (Å²) in [6.45, 7) is 4.53. The van der Waals surface area contributed by atoms with Crippen molar-refractivity contribution in [2.45, 2.75) is 20.0 Å². The molecule has 1 aromatic carbocycles. The molecule has 0 unspecified atom stereocenters. The predicted octanol–water partition coefficient (Wildman–Crippen LogP) is 2.12. The lowest BCUT2D eigenvalue weighted by atomic mass is 10.2. The van der Waals surface area contributed by atoms with Gasteiger partial charge in [-0.3, -0.25) is 0 Å². The lowest BCUT2D eigenvalue weighted by molar-refractivity contribution is 0.219. The van der Waals surface area contributed by atoms with Crippen molar-refractivity contribution in [3.8, 4) is 5.75 Å². The Morgan fingerprint density at radius 1 is 1.43 bits per heavy atom. The van der Waals surface area contributed by atoms with E-state index in [-0.39, 0.29) is 11.9 Å². The van der Waals surface area contributed by atoms with E-state index in [0.717, 1.165) is 12.1 Å². The lowest BCUT2D eigenvalue weighted by Crippen LogP contribution is -2.26. The highest BCUT2D eigenvalue weighted by atomic mass is 19.1. The van der Waals surface area contributed by atoms with E-state index in [2.05, 4.69) is 5.32 Å².